The monoisotopic (exact) mass is 298 g/mol. The van der Waals surface area contributed by atoms with E-state index < -0.39 is 10.8 Å². The van der Waals surface area contributed by atoms with E-state index in [0.717, 1.165) is 0 Å². The lowest BCUT2D eigenvalue weighted by atomic mass is 10.4. The predicted octanol–water partition coefficient (Wildman–Crippen LogP) is 0.0244. The minimum atomic E-state index is -0.658. The lowest BCUT2D eigenvalue weighted by Gasteiger charge is -2.17. The Labute approximate surface area is 118 Å². The van der Waals surface area contributed by atoms with Gasteiger partial charge in [0.1, 0.15) is 4.92 Å². The molecule has 2 rings (SSSR count). The third-order valence-electron chi connectivity index (χ3n) is 2.65. The average Bonchev–Trinajstić information content (AvgIpc) is 3.07. The van der Waals surface area contributed by atoms with E-state index in [2.05, 4.69) is 10.1 Å². The van der Waals surface area contributed by atoms with Gasteiger partial charge in [-0.25, -0.2) is 0 Å². The van der Waals surface area contributed by atoms with E-state index in [1.165, 1.54) is 12.1 Å². The Morgan fingerprint density at radius 2 is 2.00 bits per heavy atom. The van der Waals surface area contributed by atoms with Crippen LogP contribution >= 0.6 is 0 Å². The zero-order valence-electron chi connectivity index (χ0n) is 11.0. The number of aromatic nitrogens is 2. The lowest BCUT2D eigenvalue weighted by Crippen LogP contribution is -2.29. The summed E-state index contributed by atoms with van der Waals surface area (Å²) in [6.45, 7) is 0.822. The Balaban J connectivity index is 2.07. The van der Waals surface area contributed by atoms with Crippen molar-refractivity contribution in [3.05, 3.63) is 28.1 Å². The molecular weight excluding hydrogens is 284 g/mol. The molecule has 0 radical (unpaired) electrons. The second kappa shape index (κ2) is 6.92. The summed E-state index contributed by atoms with van der Waals surface area (Å²) >= 11 is 0. The van der Waals surface area contributed by atoms with Gasteiger partial charge in [-0.05, 0) is 6.07 Å². The number of furan rings is 1. The van der Waals surface area contributed by atoms with E-state index in [1.807, 2.05) is 0 Å². The van der Waals surface area contributed by atoms with Gasteiger partial charge in [-0.15, -0.1) is 0 Å². The summed E-state index contributed by atoms with van der Waals surface area (Å²) < 4.78 is 9.98. The first-order valence-electron chi connectivity index (χ1n) is 6.15. The fraction of sp³-hybridized carbons (Fsp3) is 0.455. The second-order valence-electron chi connectivity index (χ2n) is 4.13. The number of nitrogens with zero attached hydrogens (tertiary/aromatic N) is 4. The highest BCUT2D eigenvalue weighted by atomic mass is 16.6. The average molecular weight is 298 g/mol. The van der Waals surface area contributed by atoms with Crippen LogP contribution in [0.4, 0.5) is 5.88 Å². The summed E-state index contributed by atoms with van der Waals surface area (Å²) in [6.07, 6.45) is 0. The van der Waals surface area contributed by atoms with Crippen LogP contribution in [0.25, 0.3) is 11.6 Å². The smallest absolute Gasteiger partial charge is 0.397 e. The molecule has 0 aliphatic heterocycles. The number of aliphatic hydroxyl groups is 2. The summed E-state index contributed by atoms with van der Waals surface area (Å²) in [5, 5.41) is 32.0. The number of hydrogen-bond donors (Lipinski definition) is 2. The summed E-state index contributed by atoms with van der Waals surface area (Å²) in [6, 6.07) is 2.58. The third-order valence-corrected chi connectivity index (χ3v) is 2.65. The van der Waals surface area contributed by atoms with Gasteiger partial charge in [-0.3, -0.25) is 15.0 Å². The highest BCUT2D eigenvalue weighted by molar-refractivity contribution is 5.47. The molecule has 0 unspecified atom stereocenters. The van der Waals surface area contributed by atoms with Crippen LogP contribution in [0.3, 0.4) is 0 Å². The maximum atomic E-state index is 10.5. The van der Waals surface area contributed by atoms with Gasteiger partial charge in [0.05, 0.1) is 25.8 Å². The summed E-state index contributed by atoms with van der Waals surface area (Å²) in [7, 11) is 0. The fourth-order valence-corrected chi connectivity index (χ4v) is 1.71. The molecule has 2 heterocycles. The van der Waals surface area contributed by atoms with Crippen molar-refractivity contribution in [3.63, 3.8) is 0 Å². The van der Waals surface area contributed by atoms with Crippen molar-refractivity contribution in [3.8, 4) is 11.6 Å². The molecule has 2 N–H and O–H groups in total. The van der Waals surface area contributed by atoms with Crippen LogP contribution in [0.5, 0.6) is 0 Å². The number of aliphatic hydroxyl groups excluding tert-OH is 2. The standard InChI is InChI=1S/C11H14N4O6/c16-5-3-14(4-6-17)7-9-12-11(13-21-9)8-1-2-10(20-8)15(18)19/h1-2,16-17H,3-7H2. The Hall–Kier alpha value is -2.30. The van der Waals surface area contributed by atoms with Gasteiger partial charge in [0, 0.05) is 13.1 Å². The van der Waals surface area contributed by atoms with Crippen molar-refractivity contribution in [1.29, 1.82) is 0 Å². The topological polar surface area (TPSA) is 139 Å². The number of nitro groups is 1. The summed E-state index contributed by atoms with van der Waals surface area (Å²) in [5.41, 5.74) is 0. The van der Waals surface area contributed by atoms with E-state index in [-0.39, 0.29) is 37.2 Å². The molecule has 21 heavy (non-hydrogen) atoms. The zero-order valence-corrected chi connectivity index (χ0v) is 11.0. The first kappa shape index (κ1) is 15.1. The van der Waals surface area contributed by atoms with Gasteiger partial charge in [0.25, 0.3) is 0 Å². The molecule has 0 fully saturated rings. The fourth-order valence-electron chi connectivity index (χ4n) is 1.71. The molecule has 0 aromatic carbocycles. The maximum Gasteiger partial charge on any atom is 0.433 e. The lowest BCUT2D eigenvalue weighted by molar-refractivity contribution is -0.401. The minimum Gasteiger partial charge on any atom is -0.397 e. The first-order valence-corrected chi connectivity index (χ1v) is 6.15. The van der Waals surface area contributed by atoms with Crippen LogP contribution in [-0.4, -0.2) is 56.5 Å². The number of hydrogen-bond acceptors (Lipinski definition) is 9. The van der Waals surface area contributed by atoms with Crippen molar-refractivity contribution in [2.45, 2.75) is 6.54 Å². The van der Waals surface area contributed by atoms with Crippen molar-refractivity contribution >= 4 is 5.88 Å². The minimum absolute atomic E-state index is 0.0641. The Morgan fingerprint density at radius 1 is 1.29 bits per heavy atom. The molecule has 0 bridgehead atoms. The highest BCUT2D eigenvalue weighted by Crippen LogP contribution is 2.23. The normalized spacial score (nSPS) is 11.2. The molecule has 2 aromatic heterocycles. The van der Waals surface area contributed by atoms with Crippen LogP contribution in [0.1, 0.15) is 5.89 Å². The highest BCUT2D eigenvalue weighted by Gasteiger charge is 2.18. The maximum absolute atomic E-state index is 10.5. The van der Waals surface area contributed by atoms with Gasteiger partial charge in [-0.1, -0.05) is 5.16 Å². The van der Waals surface area contributed by atoms with Crippen LogP contribution in [0.2, 0.25) is 0 Å². The number of rotatable bonds is 8. The largest absolute Gasteiger partial charge is 0.433 e. The summed E-state index contributed by atoms with van der Waals surface area (Å²) in [5.74, 6) is 0.0862. The van der Waals surface area contributed by atoms with Crippen molar-refractivity contribution in [2.24, 2.45) is 0 Å². The molecule has 0 atom stereocenters. The molecule has 10 nitrogen and oxygen atoms in total. The van der Waals surface area contributed by atoms with Crippen LogP contribution in [0, 0.1) is 10.1 Å². The van der Waals surface area contributed by atoms with Gasteiger partial charge < -0.3 is 19.2 Å². The second-order valence-corrected chi connectivity index (χ2v) is 4.13. The molecule has 114 valence electrons. The van der Waals surface area contributed by atoms with Crippen LogP contribution < -0.4 is 0 Å². The molecule has 0 aliphatic carbocycles. The molecule has 0 amide bonds. The molecule has 0 aliphatic rings. The Morgan fingerprint density at radius 3 is 2.57 bits per heavy atom. The van der Waals surface area contributed by atoms with Gasteiger partial charge >= 0.3 is 5.88 Å². The molecule has 0 saturated heterocycles. The van der Waals surface area contributed by atoms with E-state index in [9.17, 15) is 10.1 Å². The van der Waals surface area contributed by atoms with Crippen molar-refractivity contribution in [2.75, 3.05) is 26.3 Å². The van der Waals surface area contributed by atoms with Gasteiger partial charge in [-0.2, -0.15) is 4.98 Å². The molecule has 2 aromatic rings. The molecular formula is C11H14N4O6. The van der Waals surface area contributed by atoms with E-state index in [1.54, 1.807) is 4.90 Å². The van der Waals surface area contributed by atoms with Gasteiger partial charge in [0.15, 0.2) is 5.76 Å². The third kappa shape index (κ3) is 3.84. The van der Waals surface area contributed by atoms with E-state index in [0.29, 0.717) is 13.1 Å². The zero-order chi connectivity index (χ0) is 15.2. The Kier molecular flexibility index (Phi) is 4.98. The van der Waals surface area contributed by atoms with Crippen molar-refractivity contribution in [1.82, 2.24) is 15.0 Å². The van der Waals surface area contributed by atoms with Crippen LogP contribution in [0.15, 0.2) is 21.1 Å². The predicted molar refractivity (Wildman–Crippen MR) is 68.1 cm³/mol. The Bertz CT molecular complexity index is 589. The summed E-state index contributed by atoms with van der Waals surface area (Å²) in [4.78, 5) is 15.7. The first-order chi connectivity index (χ1) is 10.1. The quantitative estimate of drug-likeness (QED) is 0.510. The van der Waals surface area contributed by atoms with Crippen molar-refractivity contribution < 1.29 is 24.1 Å². The SMILES string of the molecule is O=[N+]([O-])c1ccc(-c2noc(CN(CCO)CCO)n2)o1. The van der Waals surface area contributed by atoms with Gasteiger partial charge in [0.2, 0.25) is 11.7 Å². The van der Waals surface area contributed by atoms with E-state index >= 15 is 0 Å². The molecule has 0 saturated carbocycles. The molecule has 10 heteroatoms. The molecule has 0 spiro atoms. The van der Waals surface area contributed by atoms with Crippen LogP contribution in [-0.2, 0) is 6.54 Å². The van der Waals surface area contributed by atoms with E-state index in [4.69, 9.17) is 19.2 Å².